The van der Waals surface area contributed by atoms with E-state index in [0.29, 0.717) is 6.42 Å². The molecule has 0 aliphatic carbocycles. The molecule has 19 heavy (non-hydrogen) atoms. The van der Waals surface area contributed by atoms with Gasteiger partial charge >= 0.3 is 0 Å². The van der Waals surface area contributed by atoms with E-state index in [4.69, 9.17) is 4.74 Å². The molecule has 4 radical (unpaired) electrons. The number of ether oxygens (including phenoxy) is 1. The summed E-state index contributed by atoms with van der Waals surface area (Å²) in [6.45, 7) is 4.95. The fourth-order valence-corrected chi connectivity index (χ4v) is 2.43. The third-order valence-electron chi connectivity index (χ3n) is 3.56. The zero-order valence-electron chi connectivity index (χ0n) is 12.6. The first-order valence-corrected chi connectivity index (χ1v) is 6.45. The fraction of sp³-hybridized carbons (Fsp3) is 0.600. The van der Waals surface area contributed by atoms with Gasteiger partial charge in [0.05, 0.1) is 12.7 Å². The Hall–Kier alpha value is -0.138. The average Bonchev–Trinajstić information content (AvgIpc) is 2.37. The van der Waals surface area contributed by atoms with E-state index >= 15 is 0 Å². The summed E-state index contributed by atoms with van der Waals surface area (Å²) in [6, 6.07) is 7.72. The summed E-state index contributed by atoms with van der Waals surface area (Å²) in [4.78, 5) is 2.10. The van der Waals surface area contributed by atoms with Crippen LogP contribution in [-0.2, 0) is 5.60 Å². The van der Waals surface area contributed by atoms with Crippen LogP contribution in [0.5, 0.6) is 5.75 Å². The van der Waals surface area contributed by atoms with E-state index in [9.17, 15) is 5.11 Å². The van der Waals surface area contributed by atoms with Gasteiger partial charge in [0, 0.05) is 39.8 Å². The van der Waals surface area contributed by atoms with Gasteiger partial charge in [-0.2, -0.15) is 0 Å². The molecule has 0 saturated carbocycles. The molecule has 0 bridgehead atoms. The first kappa shape index (κ1) is 18.9. The van der Waals surface area contributed by atoms with E-state index in [1.807, 2.05) is 45.3 Å². The van der Waals surface area contributed by atoms with Gasteiger partial charge < -0.3 is 14.7 Å². The maximum absolute atomic E-state index is 10.9. The summed E-state index contributed by atoms with van der Waals surface area (Å²) in [5, 5.41) is 10.9. The maximum Gasteiger partial charge on any atom is 0.119 e. The van der Waals surface area contributed by atoms with Gasteiger partial charge in [-0.25, -0.2) is 0 Å². The van der Waals surface area contributed by atoms with Crippen LogP contribution in [0.4, 0.5) is 0 Å². The van der Waals surface area contributed by atoms with Crippen molar-refractivity contribution in [3.63, 3.8) is 0 Å². The maximum atomic E-state index is 10.9. The Labute approximate surface area is 137 Å². The van der Waals surface area contributed by atoms with E-state index in [0.717, 1.165) is 17.9 Å². The quantitative estimate of drug-likeness (QED) is 0.663. The molecular formula is C15H25NO2Pb. The van der Waals surface area contributed by atoms with Crippen molar-refractivity contribution in [3.05, 3.63) is 29.8 Å². The predicted molar refractivity (Wildman–Crippen MR) is 80.7 cm³/mol. The van der Waals surface area contributed by atoms with Gasteiger partial charge in [-0.1, -0.05) is 26.0 Å². The molecule has 1 N–H and O–H groups in total. The zero-order chi connectivity index (χ0) is 13.8. The third kappa shape index (κ3) is 4.72. The third-order valence-corrected chi connectivity index (χ3v) is 3.56. The Bertz CT molecular complexity index is 384. The van der Waals surface area contributed by atoms with Gasteiger partial charge in [0.2, 0.25) is 0 Å². The minimum atomic E-state index is -0.807. The van der Waals surface area contributed by atoms with Gasteiger partial charge in [-0.05, 0) is 38.2 Å². The smallest absolute Gasteiger partial charge is 0.119 e. The molecule has 0 aromatic heterocycles. The summed E-state index contributed by atoms with van der Waals surface area (Å²) in [6.07, 6.45) is 0.690. The van der Waals surface area contributed by atoms with E-state index in [2.05, 4.69) is 11.8 Å². The molecule has 1 rings (SSSR count). The van der Waals surface area contributed by atoms with Crippen LogP contribution in [0.3, 0.4) is 0 Å². The molecule has 2 atom stereocenters. The second kappa shape index (κ2) is 8.22. The number of rotatable bonds is 6. The van der Waals surface area contributed by atoms with Crippen molar-refractivity contribution in [1.82, 2.24) is 4.90 Å². The second-order valence-electron chi connectivity index (χ2n) is 5.17. The van der Waals surface area contributed by atoms with Crippen LogP contribution < -0.4 is 4.74 Å². The van der Waals surface area contributed by atoms with E-state index in [1.165, 1.54) is 0 Å². The molecule has 3 nitrogen and oxygen atoms in total. The zero-order valence-corrected chi connectivity index (χ0v) is 16.5. The van der Waals surface area contributed by atoms with E-state index in [1.54, 1.807) is 7.11 Å². The molecule has 4 heteroatoms. The Morgan fingerprint density at radius 2 is 2.00 bits per heavy atom. The van der Waals surface area contributed by atoms with Gasteiger partial charge in [0.1, 0.15) is 5.75 Å². The molecule has 106 valence electrons. The van der Waals surface area contributed by atoms with E-state index < -0.39 is 5.60 Å². The molecule has 0 spiro atoms. The summed E-state index contributed by atoms with van der Waals surface area (Å²) in [5.74, 6) is 0.945. The van der Waals surface area contributed by atoms with Gasteiger partial charge in [-0.15, -0.1) is 0 Å². The second-order valence-corrected chi connectivity index (χ2v) is 5.17. The number of methoxy groups -OCH3 is 1. The van der Waals surface area contributed by atoms with Crippen molar-refractivity contribution in [3.8, 4) is 5.75 Å². The standard InChI is InChI=1S/C15H25NO2.Pb/c1-6-15(17,12(2)11-16(3)4)13-8-7-9-14(10-13)18-5;/h7-10,12,17H,6,11H2,1-5H3;. The van der Waals surface area contributed by atoms with Crippen LogP contribution >= 0.6 is 0 Å². The molecule has 1 aromatic rings. The van der Waals surface area contributed by atoms with Crippen molar-refractivity contribution in [2.75, 3.05) is 27.7 Å². The molecule has 0 heterocycles. The van der Waals surface area contributed by atoms with Crippen molar-refractivity contribution >= 4 is 27.3 Å². The Balaban J connectivity index is 0.00000324. The van der Waals surface area contributed by atoms with Crippen LogP contribution in [0.25, 0.3) is 0 Å². The molecule has 0 fully saturated rings. The Kier molecular flexibility index (Phi) is 8.16. The van der Waals surface area contributed by atoms with Crippen LogP contribution in [0, 0.1) is 5.92 Å². The molecule has 0 aliphatic heterocycles. The monoisotopic (exact) mass is 459 g/mol. The van der Waals surface area contributed by atoms with E-state index in [-0.39, 0.29) is 33.2 Å². The number of hydrogen-bond acceptors (Lipinski definition) is 3. The minimum absolute atomic E-state index is 0. The minimum Gasteiger partial charge on any atom is -0.497 e. The van der Waals surface area contributed by atoms with Crippen molar-refractivity contribution in [1.29, 1.82) is 0 Å². The normalized spacial score (nSPS) is 15.5. The molecule has 2 unspecified atom stereocenters. The van der Waals surface area contributed by atoms with Gasteiger partial charge in [0.15, 0.2) is 0 Å². The van der Waals surface area contributed by atoms with Crippen LogP contribution in [0.15, 0.2) is 24.3 Å². The molecular weight excluding hydrogens is 433 g/mol. The summed E-state index contributed by atoms with van der Waals surface area (Å²) >= 11 is 0. The molecule has 0 aliphatic rings. The summed E-state index contributed by atoms with van der Waals surface area (Å²) < 4.78 is 5.23. The number of hydrogen-bond donors (Lipinski definition) is 1. The fourth-order valence-electron chi connectivity index (χ4n) is 2.43. The SMILES string of the molecule is CCC(O)(c1cccc(OC)c1)C(C)CN(C)C.[Pb]. The largest absolute Gasteiger partial charge is 0.497 e. The molecule has 1 aromatic carbocycles. The first-order chi connectivity index (χ1) is 8.43. The number of nitrogens with zero attached hydrogens (tertiary/aromatic N) is 1. The number of aliphatic hydroxyl groups is 1. The molecule has 0 saturated heterocycles. The van der Waals surface area contributed by atoms with Crippen LogP contribution in [-0.4, -0.2) is 65.1 Å². The summed E-state index contributed by atoms with van der Waals surface area (Å²) in [7, 11) is 5.70. The topological polar surface area (TPSA) is 32.7 Å². The van der Waals surface area contributed by atoms with Crippen molar-refractivity contribution in [2.24, 2.45) is 5.92 Å². The van der Waals surface area contributed by atoms with Crippen LogP contribution in [0.1, 0.15) is 25.8 Å². The Morgan fingerprint density at radius 3 is 2.47 bits per heavy atom. The first-order valence-electron chi connectivity index (χ1n) is 6.45. The van der Waals surface area contributed by atoms with Gasteiger partial charge in [-0.3, -0.25) is 0 Å². The van der Waals surface area contributed by atoms with Crippen molar-refractivity contribution < 1.29 is 9.84 Å². The van der Waals surface area contributed by atoms with Gasteiger partial charge in [0.25, 0.3) is 0 Å². The Morgan fingerprint density at radius 1 is 1.37 bits per heavy atom. The molecule has 0 amide bonds. The van der Waals surface area contributed by atoms with Crippen molar-refractivity contribution in [2.45, 2.75) is 25.9 Å². The predicted octanol–water partition coefficient (Wildman–Crippen LogP) is 2.11. The van der Waals surface area contributed by atoms with Crippen LogP contribution in [0.2, 0.25) is 0 Å². The summed E-state index contributed by atoms with van der Waals surface area (Å²) in [5.41, 5.74) is 0.123. The average molecular weight is 459 g/mol. The number of benzene rings is 1.